The fourth-order valence-electron chi connectivity index (χ4n) is 1.58. The minimum absolute atomic E-state index is 0.205. The molecule has 19 heavy (non-hydrogen) atoms. The van der Waals surface area contributed by atoms with Gasteiger partial charge in [-0.15, -0.1) is 0 Å². The molecular weight excluding hydrogens is 248 g/mol. The van der Waals surface area contributed by atoms with Gasteiger partial charge in [-0.25, -0.2) is 0 Å². The number of primary amides is 1. The van der Waals surface area contributed by atoms with Crippen molar-refractivity contribution in [1.29, 1.82) is 0 Å². The quantitative estimate of drug-likeness (QED) is 0.618. The predicted molar refractivity (Wildman–Crippen MR) is 71.1 cm³/mol. The SMILES string of the molecule is COc1cccc(CNCC(C)O)c1OCC(N)=O. The minimum atomic E-state index is -0.547. The maximum Gasteiger partial charge on any atom is 0.255 e. The van der Waals surface area contributed by atoms with Crippen LogP contribution in [-0.4, -0.2) is 37.4 Å². The standard InChI is InChI=1S/C13H20N2O4/c1-9(16)6-15-7-10-4-3-5-11(18-2)13(10)19-8-12(14)17/h3-5,9,15-16H,6-8H2,1-2H3,(H2,14,17). The molecule has 1 aromatic carbocycles. The second-order valence-electron chi connectivity index (χ2n) is 4.18. The molecule has 0 bridgehead atoms. The highest BCUT2D eigenvalue weighted by molar-refractivity contribution is 5.75. The third-order valence-electron chi connectivity index (χ3n) is 2.39. The Morgan fingerprint density at radius 2 is 2.26 bits per heavy atom. The molecule has 6 heteroatoms. The van der Waals surface area contributed by atoms with Crippen molar-refractivity contribution < 1.29 is 19.4 Å². The molecule has 1 amide bonds. The van der Waals surface area contributed by atoms with Gasteiger partial charge in [-0.2, -0.15) is 0 Å². The zero-order valence-corrected chi connectivity index (χ0v) is 11.2. The molecular formula is C13H20N2O4. The molecule has 0 heterocycles. The van der Waals surface area contributed by atoms with E-state index in [4.69, 9.17) is 15.2 Å². The Hall–Kier alpha value is -1.79. The number of amides is 1. The van der Waals surface area contributed by atoms with Crippen LogP contribution in [0.5, 0.6) is 11.5 Å². The summed E-state index contributed by atoms with van der Waals surface area (Å²) < 4.78 is 10.6. The van der Waals surface area contributed by atoms with E-state index in [1.54, 1.807) is 13.0 Å². The van der Waals surface area contributed by atoms with Gasteiger partial charge in [0.15, 0.2) is 18.1 Å². The minimum Gasteiger partial charge on any atom is -0.493 e. The van der Waals surface area contributed by atoms with Crippen LogP contribution in [0.4, 0.5) is 0 Å². The third kappa shape index (κ3) is 5.15. The van der Waals surface area contributed by atoms with Crippen LogP contribution in [-0.2, 0) is 11.3 Å². The topological polar surface area (TPSA) is 93.8 Å². The van der Waals surface area contributed by atoms with Gasteiger partial charge in [-0.3, -0.25) is 4.79 Å². The zero-order valence-electron chi connectivity index (χ0n) is 11.2. The van der Waals surface area contributed by atoms with E-state index in [1.807, 2.05) is 12.1 Å². The smallest absolute Gasteiger partial charge is 0.255 e. The normalized spacial score (nSPS) is 11.9. The lowest BCUT2D eigenvalue weighted by Crippen LogP contribution is -2.25. The summed E-state index contributed by atoms with van der Waals surface area (Å²) in [4.78, 5) is 10.8. The van der Waals surface area contributed by atoms with Gasteiger partial charge in [0, 0.05) is 18.7 Å². The maximum atomic E-state index is 10.8. The Kier molecular flexibility index (Phi) is 6.11. The van der Waals surface area contributed by atoms with Crippen molar-refractivity contribution in [2.75, 3.05) is 20.3 Å². The molecule has 0 aromatic heterocycles. The fraction of sp³-hybridized carbons (Fsp3) is 0.462. The third-order valence-corrected chi connectivity index (χ3v) is 2.39. The van der Waals surface area contributed by atoms with Gasteiger partial charge in [-0.1, -0.05) is 12.1 Å². The molecule has 1 atom stereocenters. The van der Waals surface area contributed by atoms with Gasteiger partial charge in [0.1, 0.15) is 0 Å². The van der Waals surface area contributed by atoms with Gasteiger partial charge >= 0.3 is 0 Å². The Labute approximate surface area is 112 Å². The summed E-state index contributed by atoms with van der Waals surface area (Å²) in [6.45, 7) is 2.45. The first-order valence-electron chi connectivity index (χ1n) is 6.00. The number of methoxy groups -OCH3 is 1. The lowest BCUT2D eigenvalue weighted by molar-refractivity contribution is -0.119. The van der Waals surface area contributed by atoms with Crippen molar-refractivity contribution in [1.82, 2.24) is 5.32 Å². The molecule has 0 saturated heterocycles. The molecule has 4 N–H and O–H groups in total. The number of para-hydroxylation sites is 1. The number of carbonyl (C=O) groups excluding carboxylic acids is 1. The van der Waals surface area contributed by atoms with Crippen molar-refractivity contribution >= 4 is 5.91 Å². The molecule has 1 aromatic rings. The predicted octanol–water partition coefficient (Wildman–Crippen LogP) is 0.0297. The molecule has 0 saturated carbocycles. The summed E-state index contributed by atoms with van der Waals surface area (Å²) in [7, 11) is 1.53. The lowest BCUT2D eigenvalue weighted by atomic mass is 10.2. The highest BCUT2D eigenvalue weighted by Gasteiger charge is 2.11. The zero-order chi connectivity index (χ0) is 14.3. The van der Waals surface area contributed by atoms with E-state index in [9.17, 15) is 9.90 Å². The summed E-state index contributed by atoms with van der Waals surface area (Å²) >= 11 is 0. The van der Waals surface area contributed by atoms with Gasteiger partial charge in [0.05, 0.1) is 13.2 Å². The van der Waals surface area contributed by atoms with Crippen molar-refractivity contribution in [3.63, 3.8) is 0 Å². The van der Waals surface area contributed by atoms with Crippen LogP contribution in [0.1, 0.15) is 12.5 Å². The van der Waals surface area contributed by atoms with Gasteiger partial charge in [0.2, 0.25) is 0 Å². The number of carbonyl (C=O) groups is 1. The lowest BCUT2D eigenvalue weighted by Gasteiger charge is -2.15. The van der Waals surface area contributed by atoms with E-state index in [2.05, 4.69) is 5.32 Å². The van der Waals surface area contributed by atoms with E-state index < -0.39 is 12.0 Å². The summed E-state index contributed by atoms with van der Waals surface area (Å²) in [6.07, 6.45) is -0.430. The summed E-state index contributed by atoms with van der Waals surface area (Å²) in [5, 5.41) is 12.3. The summed E-state index contributed by atoms with van der Waals surface area (Å²) in [5.74, 6) is 0.480. The van der Waals surface area contributed by atoms with Gasteiger partial charge in [-0.05, 0) is 13.0 Å². The number of aliphatic hydroxyl groups excluding tert-OH is 1. The maximum absolute atomic E-state index is 10.8. The van der Waals surface area contributed by atoms with Crippen LogP contribution in [0.15, 0.2) is 18.2 Å². The first-order chi connectivity index (χ1) is 9.04. The summed E-state index contributed by atoms with van der Waals surface area (Å²) in [5.41, 5.74) is 5.90. The van der Waals surface area contributed by atoms with Crippen molar-refractivity contribution in [2.45, 2.75) is 19.6 Å². The second kappa shape index (κ2) is 7.60. The Bertz CT molecular complexity index is 421. The average Bonchev–Trinajstić information content (AvgIpc) is 2.36. The van der Waals surface area contributed by atoms with Crippen LogP contribution in [0.3, 0.4) is 0 Å². The second-order valence-corrected chi connectivity index (χ2v) is 4.18. The number of aliphatic hydroxyl groups is 1. The molecule has 0 aliphatic heterocycles. The van der Waals surface area contributed by atoms with Crippen LogP contribution in [0, 0.1) is 0 Å². The number of rotatable bonds is 8. The molecule has 1 rings (SSSR count). The van der Waals surface area contributed by atoms with E-state index >= 15 is 0 Å². The molecule has 0 fully saturated rings. The molecule has 0 aliphatic rings. The number of hydrogen-bond acceptors (Lipinski definition) is 5. The largest absolute Gasteiger partial charge is 0.493 e. The van der Waals surface area contributed by atoms with Crippen molar-refractivity contribution in [3.05, 3.63) is 23.8 Å². The van der Waals surface area contributed by atoms with Crippen LogP contribution < -0.4 is 20.5 Å². The Morgan fingerprint density at radius 3 is 2.84 bits per heavy atom. The van der Waals surface area contributed by atoms with Crippen molar-refractivity contribution in [3.8, 4) is 11.5 Å². The van der Waals surface area contributed by atoms with Crippen molar-refractivity contribution in [2.24, 2.45) is 5.73 Å². The number of nitrogens with one attached hydrogen (secondary N) is 1. The highest BCUT2D eigenvalue weighted by atomic mass is 16.5. The Morgan fingerprint density at radius 1 is 1.53 bits per heavy atom. The molecule has 106 valence electrons. The molecule has 1 unspecified atom stereocenters. The fourth-order valence-corrected chi connectivity index (χ4v) is 1.58. The average molecular weight is 268 g/mol. The van der Waals surface area contributed by atoms with Gasteiger partial charge < -0.3 is 25.6 Å². The van der Waals surface area contributed by atoms with Gasteiger partial charge in [0.25, 0.3) is 5.91 Å². The molecule has 0 aliphatic carbocycles. The van der Waals surface area contributed by atoms with E-state index in [1.165, 1.54) is 7.11 Å². The van der Waals surface area contributed by atoms with E-state index in [0.717, 1.165) is 5.56 Å². The first-order valence-corrected chi connectivity index (χ1v) is 6.00. The monoisotopic (exact) mass is 268 g/mol. The van der Waals surface area contributed by atoms with Crippen LogP contribution in [0.25, 0.3) is 0 Å². The Balaban J connectivity index is 2.79. The van der Waals surface area contributed by atoms with E-state index in [0.29, 0.717) is 24.6 Å². The highest BCUT2D eigenvalue weighted by Crippen LogP contribution is 2.30. The summed E-state index contributed by atoms with van der Waals surface area (Å²) in [6, 6.07) is 5.43. The molecule has 0 radical (unpaired) electrons. The van der Waals surface area contributed by atoms with E-state index in [-0.39, 0.29) is 6.61 Å². The van der Waals surface area contributed by atoms with Crippen LogP contribution in [0.2, 0.25) is 0 Å². The number of nitrogens with two attached hydrogens (primary N) is 1. The first kappa shape index (κ1) is 15.3. The molecule has 0 spiro atoms. The number of hydrogen-bond donors (Lipinski definition) is 3. The number of benzene rings is 1. The molecule has 6 nitrogen and oxygen atoms in total. The number of ether oxygens (including phenoxy) is 2. The van der Waals surface area contributed by atoms with Crippen LogP contribution >= 0.6 is 0 Å².